The predicted molar refractivity (Wildman–Crippen MR) is 83.9 cm³/mol. The Kier molecular flexibility index (Phi) is 5.39. The number of nitrogens with one attached hydrogen (secondary N) is 1. The highest BCUT2D eigenvalue weighted by Crippen LogP contribution is 2.38. The summed E-state index contributed by atoms with van der Waals surface area (Å²) in [5.74, 6) is 1.81. The molecule has 2 aromatic rings. The first-order valence-corrected chi connectivity index (χ1v) is 8.13. The van der Waals surface area contributed by atoms with Crippen molar-refractivity contribution in [3.05, 3.63) is 29.6 Å². The van der Waals surface area contributed by atoms with Crippen LogP contribution in [0.15, 0.2) is 27.4 Å². The Labute approximate surface area is 128 Å². The van der Waals surface area contributed by atoms with E-state index in [0.29, 0.717) is 0 Å². The molecule has 6 heteroatoms. The van der Waals surface area contributed by atoms with E-state index in [1.54, 1.807) is 18.9 Å². The lowest BCUT2D eigenvalue weighted by Gasteiger charge is -2.18. The molecule has 4 nitrogen and oxygen atoms in total. The summed E-state index contributed by atoms with van der Waals surface area (Å²) in [7, 11) is 3.65. The zero-order valence-corrected chi connectivity index (χ0v) is 13.8. The number of aromatic nitrogens is 2. The van der Waals surface area contributed by atoms with Crippen molar-refractivity contribution in [2.24, 2.45) is 0 Å². The fourth-order valence-corrected chi connectivity index (χ4v) is 3.78. The summed E-state index contributed by atoms with van der Waals surface area (Å²) in [6.45, 7) is 4.19. The third kappa shape index (κ3) is 3.31. The molecular formula is C14H19N3OS2. The molecule has 0 spiro atoms. The number of nitrogens with zero attached hydrogens (tertiary/aromatic N) is 2. The highest BCUT2D eigenvalue weighted by molar-refractivity contribution is 8.01. The van der Waals surface area contributed by atoms with Crippen LogP contribution < -0.4 is 10.1 Å². The quantitative estimate of drug-likeness (QED) is 0.884. The van der Waals surface area contributed by atoms with Gasteiger partial charge in [-0.05, 0) is 37.6 Å². The molecule has 0 bridgehead atoms. The topological polar surface area (TPSA) is 47.0 Å². The summed E-state index contributed by atoms with van der Waals surface area (Å²) in [5, 5.41) is 3.27. The molecule has 0 aliphatic carbocycles. The lowest BCUT2D eigenvalue weighted by Crippen LogP contribution is -2.14. The van der Waals surface area contributed by atoms with Crippen molar-refractivity contribution >= 4 is 23.3 Å². The third-order valence-corrected chi connectivity index (χ3v) is 4.94. The van der Waals surface area contributed by atoms with Crippen LogP contribution >= 0.6 is 23.3 Å². The number of hydrogen-bond acceptors (Lipinski definition) is 6. The second-order valence-electron chi connectivity index (χ2n) is 4.31. The third-order valence-electron chi connectivity index (χ3n) is 3.08. The molecule has 0 radical (unpaired) electrons. The van der Waals surface area contributed by atoms with E-state index in [0.717, 1.165) is 32.8 Å². The van der Waals surface area contributed by atoms with E-state index in [-0.39, 0.29) is 6.04 Å². The Morgan fingerprint density at radius 3 is 2.85 bits per heavy atom. The van der Waals surface area contributed by atoms with E-state index in [2.05, 4.69) is 34.6 Å². The van der Waals surface area contributed by atoms with Gasteiger partial charge in [0.25, 0.3) is 0 Å². The molecule has 0 amide bonds. The van der Waals surface area contributed by atoms with Crippen molar-refractivity contribution in [3.8, 4) is 5.75 Å². The summed E-state index contributed by atoms with van der Waals surface area (Å²) in [4.78, 5) is 5.67. The summed E-state index contributed by atoms with van der Waals surface area (Å²) in [5.41, 5.74) is 1.16. The second-order valence-corrected chi connectivity index (χ2v) is 6.36. The Morgan fingerprint density at radius 2 is 2.25 bits per heavy atom. The summed E-state index contributed by atoms with van der Waals surface area (Å²) in [6.07, 6.45) is 0.870. The SMILES string of the molecule is CCc1nsc(Sc2cccc(OC)c2C(C)NC)n1. The Balaban J connectivity index is 2.35. The number of methoxy groups -OCH3 is 1. The Bertz CT molecular complexity index is 571. The molecule has 1 unspecified atom stereocenters. The molecular weight excluding hydrogens is 290 g/mol. The minimum Gasteiger partial charge on any atom is -0.496 e. The van der Waals surface area contributed by atoms with E-state index in [4.69, 9.17) is 4.74 Å². The molecule has 1 aromatic carbocycles. The standard InChI is InChI=1S/C14H19N3OS2/c1-5-12-16-14(20-17-12)19-11-8-6-7-10(18-4)13(11)9(2)15-3/h6-9,15H,5H2,1-4H3. The number of rotatable bonds is 6. The van der Waals surface area contributed by atoms with Gasteiger partial charge in [-0.25, -0.2) is 4.98 Å². The largest absolute Gasteiger partial charge is 0.496 e. The highest BCUT2D eigenvalue weighted by Gasteiger charge is 2.17. The molecule has 1 atom stereocenters. The van der Waals surface area contributed by atoms with Crippen LogP contribution in [0, 0.1) is 0 Å². The lowest BCUT2D eigenvalue weighted by atomic mass is 10.1. The molecule has 0 saturated carbocycles. The fraction of sp³-hybridized carbons (Fsp3) is 0.429. The molecule has 1 heterocycles. The number of ether oxygens (including phenoxy) is 1. The van der Waals surface area contributed by atoms with E-state index in [9.17, 15) is 0 Å². The van der Waals surface area contributed by atoms with Crippen molar-refractivity contribution in [1.82, 2.24) is 14.7 Å². The van der Waals surface area contributed by atoms with E-state index >= 15 is 0 Å². The lowest BCUT2D eigenvalue weighted by molar-refractivity contribution is 0.401. The Hall–Kier alpha value is -1.11. The minimum atomic E-state index is 0.215. The van der Waals surface area contributed by atoms with E-state index in [1.807, 2.05) is 19.2 Å². The van der Waals surface area contributed by atoms with Gasteiger partial charge in [0.2, 0.25) is 0 Å². The van der Waals surface area contributed by atoms with Gasteiger partial charge in [0, 0.05) is 22.9 Å². The number of hydrogen-bond donors (Lipinski definition) is 1. The maximum absolute atomic E-state index is 5.49. The van der Waals surface area contributed by atoms with Gasteiger partial charge < -0.3 is 10.1 Å². The summed E-state index contributed by atoms with van der Waals surface area (Å²) >= 11 is 3.10. The smallest absolute Gasteiger partial charge is 0.174 e. The zero-order chi connectivity index (χ0) is 14.5. The molecule has 20 heavy (non-hydrogen) atoms. The van der Waals surface area contributed by atoms with Crippen molar-refractivity contribution in [3.63, 3.8) is 0 Å². The number of benzene rings is 1. The molecule has 0 fully saturated rings. The van der Waals surface area contributed by atoms with Gasteiger partial charge in [-0.2, -0.15) is 4.37 Å². The Morgan fingerprint density at radius 1 is 1.45 bits per heavy atom. The molecule has 108 valence electrons. The highest BCUT2D eigenvalue weighted by atomic mass is 32.2. The van der Waals surface area contributed by atoms with Crippen LogP contribution in [-0.4, -0.2) is 23.5 Å². The van der Waals surface area contributed by atoms with Crippen LogP contribution in [0.25, 0.3) is 0 Å². The molecule has 0 aliphatic rings. The van der Waals surface area contributed by atoms with Crippen molar-refractivity contribution in [1.29, 1.82) is 0 Å². The van der Waals surface area contributed by atoms with Gasteiger partial charge >= 0.3 is 0 Å². The van der Waals surface area contributed by atoms with Crippen LogP contribution in [0.2, 0.25) is 0 Å². The van der Waals surface area contributed by atoms with Gasteiger partial charge in [0.05, 0.1) is 7.11 Å². The van der Waals surface area contributed by atoms with Crippen molar-refractivity contribution in [2.75, 3.05) is 14.2 Å². The van der Waals surface area contributed by atoms with Crippen molar-refractivity contribution < 1.29 is 4.74 Å². The van der Waals surface area contributed by atoms with Crippen LogP contribution in [0.3, 0.4) is 0 Å². The maximum atomic E-state index is 5.49. The normalized spacial score (nSPS) is 12.4. The first-order chi connectivity index (χ1) is 9.69. The summed E-state index contributed by atoms with van der Waals surface area (Å²) in [6, 6.07) is 6.32. The monoisotopic (exact) mass is 309 g/mol. The predicted octanol–water partition coefficient (Wildman–Crippen LogP) is 3.54. The van der Waals surface area contributed by atoms with Crippen LogP contribution in [-0.2, 0) is 6.42 Å². The van der Waals surface area contributed by atoms with Crippen LogP contribution in [0.1, 0.15) is 31.3 Å². The van der Waals surface area contributed by atoms with Gasteiger partial charge in [-0.1, -0.05) is 24.8 Å². The van der Waals surface area contributed by atoms with Crippen LogP contribution in [0.4, 0.5) is 0 Å². The summed E-state index contributed by atoms with van der Waals surface area (Å²) < 4.78 is 10.8. The fourth-order valence-electron chi connectivity index (χ4n) is 1.88. The van der Waals surface area contributed by atoms with Gasteiger partial charge in [0.1, 0.15) is 11.6 Å². The van der Waals surface area contributed by atoms with Crippen LogP contribution in [0.5, 0.6) is 5.75 Å². The molecule has 1 N–H and O–H groups in total. The average Bonchev–Trinajstić information content (AvgIpc) is 2.93. The first-order valence-electron chi connectivity index (χ1n) is 6.54. The molecule has 0 aliphatic heterocycles. The van der Waals surface area contributed by atoms with E-state index < -0.39 is 0 Å². The maximum Gasteiger partial charge on any atom is 0.174 e. The minimum absolute atomic E-state index is 0.215. The first kappa shape index (κ1) is 15.3. The molecule has 0 saturated heterocycles. The molecule has 1 aromatic heterocycles. The van der Waals surface area contributed by atoms with Crippen molar-refractivity contribution in [2.45, 2.75) is 35.5 Å². The molecule has 2 rings (SSSR count). The van der Waals surface area contributed by atoms with Gasteiger partial charge in [-0.15, -0.1) is 0 Å². The van der Waals surface area contributed by atoms with Gasteiger partial charge in [0.15, 0.2) is 4.34 Å². The van der Waals surface area contributed by atoms with Gasteiger partial charge in [-0.3, -0.25) is 0 Å². The second kappa shape index (κ2) is 7.06. The number of aryl methyl sites for hydroxylation is 1. The zero-order valence-electron chi connectivity index (χ0n) is 12.1. The van der Waals surface area contributed by atoms with E-state index in [1.165, 1.54) is 11.5 Å². The average molecular weight is 309 g/mol.